The molecule has 1 rings (SSSR count). The topological polar surface area (TPSA) is 68.0 Å². The first-order valence-electron chi connectivity index (χ1n) is 6.27. The minimum Gasteiger partial charge on any atom is -0.350 e. The van der Waals surface area contributed by atoms with Crippen LogP contribution in [0.4, 0.5) is 4.39 Å². The Morgan fingerprint density at radius 2 is 2.28 bits per heavy atom. The predicted octanol–water partition coefficient (Wildman–Crippen LogP) is 1.72. The first-order valence-corrected chi connectivity index (χ1v) is 6.27. The van der Waals surface area contributed by atoms with E-state index in [-0.39, 0.29) is 11.6 Å². The van der Waals surface area contributed by atoms with E-state index in [1.165, 1.54) is 12.1 Å². The number of amides is 1. The number of nitrogens with zero attached hydrogens (tertiary/aromatic N) is 1. The molecule has 1 aromatic rings. The summed E-state index contributed by atoms with van der Waals surface area (Å²) in [5.41, 5.74) is 5.76. The molecule has 0 spiro atoms. The number of aromatic nitrogens is 1. The number of pyridine rings is 1. The molecule has 0 fully saturated rings. The van der Waals surface area contributed by atoms with E-state index in [0.717, 1.165) is 25.5 Å². The Morgan fingerprint density at radius 1 is 1.50 bits per heavy atom. The summed E-state index contributed by atoms with van der Waals surface area (Å²) in [7, 11) is 0. The lowest BCUT2D eigenvalue weighted by molar-refractivity contribution is 0.0940. The highest BCUT2D eigenvalue weighted by molar-refractivity contribution is 5.92. The van der Waals surface area contributed by atoms with Gasteiger partial charge in [0.1, 0.15) is 11.5 Å². The standard InChI is InChI=1S/C13H20FN3O/c1-2-3-10(6-7-15)8-17-13(18)12-5-4-11(14)9-16-12/h4-5,9-10H,2-3,6-8,15H2,1H3,(H,17,18). The van der Waals surface area contributed by atoms with Crippen LogP contribution in [-0.4, -0.2) is 24.0 Å². The maximum absolute atomic E-state index is 12.7. The van der Waals surface area contributed by atoms with Crippen molar-refractivity contribution in [2.75, 3.05) is 13.1 Å². The van der Waals surface area contributed by atoms with Gasteiger partial charge in [0.2, 0.25) is 0 Å². The fourth-order valence-corrected chi connectivity index (χ4v) is 1.83. The van der Waals surface area contributed by atoms with Gasteiger partial charge < -0.3 is 11.1 Å². The zero-order valence-electron chi connectivity index (χ0n) is 10.7. The molecule has 18 heavy (non-hydrogen) atoms. The fraction of sp³-hybridized carbons (Fsp3) is 0.538. The van der Waals surface area contributed by atoms with Crippen LogP contribution in [0.25, 0.3) is 0 Å². The first kappa shape index (κ1) is 14.6. The van der Waals surface area contributed by atoms with E-state index in [4.69, 9.17) is 5.73 Å². The number of rotatable bonds is 7. The zero-order valence-corrected chi connectivity index (χ0v) is 10.7. The monoisotopic (exact) mass is 253 g/mol. The molecule has 0 bridgehead atoms. The van der Waals surface area contributed by atoms with Gasteiger partial charge in [-0.1, -0.05) is 13.3 Å². The highest BCUT2D eigenvalue weighted by Gasteiger charge is 2.11. The minimum atomic E-state index is -0.446. The third-order valence-corrected chi connectivity index (χ3v) is 2.78. The Kier molecular flexibility index (Phi) is 6.28. The molecular formula is C13H20FN3O. The number of carbonyl (C=O) groups is 1. The third kappa shape index (κ3) is 4.79. The smallest absolute Gasteiger partial charge is 0.269 e. The van der Waals surface area contributed by atoms with E-state index in [0.29, 0.717) is 19.0 Å². The largest absolute Gasteiger partial charge is 0.350 e. The van der Waals surface area contributed by atoms with Crippen LogP contribution in [0.3, 0.4) is 0 Å². The molecule has 0 radical (unpaired) electrons. The van der Waals surface area contributed by atoms with Crippen molar-refractivity contribution in [3.8, 4) is 0 Å². The normalized spacial score (nSPS) is 12.2. The highest BCUT2D eigenvalue weighted by Crippen LogP contribution is 2.09. The molecule has 0 aliphatic heterocycles. The fourth-order valence-electron chi connectivity index (χ4n) is 1.83. The second-order valence-electron chi connectivity index (χ2n) is 4.30. The SMILES string of the molecule is CCCC(CCN)CNC(=O)c1ccc(F)cn1. The summed E-state index contributed by atoms with van der Waals surface area (Å²) in [4.78, 5) is 15.5. The molecule has 1 aromatic heterocycles. The second kappa shape index (κ2) is 7.76. The van der Waals surface area contributed by atoms with Crippen LogP contribution in [0.15, 0.2) is 18.3 Å². The maximum Gasteiger partial charge on any atom is 0.269 e. The first-order chi connectivity index (χ1) is 8.67. The molecule has 0 aromatic carbocycles. The van der Waals surface area contributed by atoms with E-state index in [1.807, 2.05) is 0 Å². The van der Waals surface area contributed by atoms with Gasteiger partial charge in [-0.2, -0.15) is 0 Å². The van der Waals surface area contributed by atoms with E-state index >= 15 is 0 Å². The van der Waals surface area contributed by atoms with Crippen LogP contribution in [0.5, 0.6) is 0 Å². The summed E-state index contributed by atoms with van der Waals surface area (Å²) in [5.74, 6) is -0.323. The molecule has 5 heteroatoms. The second-order valence-corrected chi connectivity index (χ2v) is 4.30. The zero-order chi connectivity index (χ0) is 13.4. The van der Waals surface area contributed by atoms with Crippen molar-refractivity contribution in [3.63, 3.8) is 0 Å². The van der Waals surface area contributed by atoms with Crippen LogP contribution < -0.4 is 11.1 Å². The van der Waals surface area contributed by atoms with Crippen LogP contribution in [-0.2, 0) is 0 Å². The van der Waals surface area contributed by atoms with Crippen LogP contribution in [0.2, 0.25) is 0 Å². The molecule has 0 saturated heterocycles. The lowest BCUT2D eigenvalue weighted by Gasteiger charge is -2.15. The molecule has 4 nitrogen and oxygen atoms in total. The molecule has 1 amide bonds. The van der Waals surface area contributed by atoms with E-state index in [9.17, 15) is 9.18 Å². The molecule has 1 unspecified atom stereocenters. The van der Waals surface area contributed by atoms with Gasteiger partial charge in [0.15, 0.2) is 0 Å². The number of carbonyl (C=O) groups excluding carboxylic acids is 1. The van der Waals surface area contributed by atoms with Crippen molar-refractivity contribution in [1.82, 2.24) is 10.3 Å². The van der Waals surface area contributed by atoms with Gasteiger partial charge in [-0.3, -0.25) is 4.79 Å². The quantitative estimate of drug-likeness (QED) is 0.777. The molecule has 1 heterocycles. The summed E-state index contributed by atoms with van der Waals surface area (Å²) in [6.07, 6.45) is 4.03. The van der Waals surface area contributed by atoms with E-state index < -0.39 is 5.82 Å². The van der Waals surface area contributed by atoms with Crippen molar-refractivity contribution in [2.45, 2.75) is 26.2 Å². The van der Waals surface area contributed by atoms with Crippen LogP contribution in [0, 0.1) is 11.7 Å². The van der Waals surface area contributed by atoms with Crippen molar-refractivity contribution >= 4 is 5.91 Å². The lowest BCUT2D eigenvalue weighted by Crippen LogP contribution is -2.30. The predicted molar refractivity (Wildman–Crippen MR) is 68.6 cm³/mol. The van der Waals surface area contributed by atoms with Crippen molar-refractivity contribution in [3.05, 3.63) is 29.8 Å². The van der Waals surface area contributed by atoms with Crippen molar-refractivity contribution in [2.24, 2.45) is 11.7 Å². The summed E-state index contributed by atoms with van der Waals surface area (Å²) >= 11 is 0. The summed E-state index contributed by atoms with van der Waals surface area (Å²) in [5, 5.41) is 2.81. The Balaban J connectivity index is 2.46. The van der Waals surface area contributed by atoms with Gasteiger partial charge in [0, 0.05) is 6.54 Å². The maximum atomic E-state index is 12.7. The summed E-state index contributed by atoms with van der Waals surface area (Å²) < 4.78 is 12.7. The van der Waals surface area contributed by atoms with Crippen LogP contribution in [0.1, 0.15) is 36.7 Å². The average Bonchev–Trinajstić information content (AvgIpc) is 2.37. The molecule has 3 N–H and O–H groups in total. The summed E-state index contributed by atoms with van der Waals surface area (Å²) in [6, 6.07) is 2.60. The Morgan fingerprint density at radius 3 is 2.83 bits per heavy atom. The molecule has 0 aliphatic rings. The van der Waals surface area contributed by atoms with Gasteiger partial charge in [0.25, 0.3) is 5.91 Å². The lowest BCUT2D eigenvalue weighted by atomic mass is 10.00. The Labute approximate surface area is 107 Å². The average molecular weight is 253 g/mol. The molecule has 0 aliphatic carbocycles. The van der Waals surface area contributed by atoms with Gasteiger partial charge in [-0.15, -0.1) is 0 Å². The number of hydrogen-bond acceptors (Lipinski definition) is 3. The minimum absolute atomic E-state index is 0.236. The molecule has 1 atom stereocenters. The number of nitrogens with one attached hydrogen (secondary N) is 1. The van der Waals surface area contributed by atoms with Crippen LogP contribution >= 0.6 is 0 Å². The number of nitrogens with two attached hydrogens (primary N) is 1. The number of halogens is 1. The third-order valence-electron chi connectivity index (χ3n) is 2.78. The van der Waals surface area contributed by atoms with Crippen molar-refractivity contribution < 1.29 is 9.18 Å². The highest BCUT2D eigenvalue weighted by atomic mass is 19.1. The molecule has 100 valence electrons. The molecular weight excluding hydrogens is 233 g/mol. The number of hydrogen-bond donors (Lipinski definition) is 2. The summed E-state index contributed by atoms with van der Waals surface area (Å²) in [6.45, 7) is 3.31. The van der Waals surface area contributed by atoms with Crippen molar-refractivity contribution in [1.29, 1.82) is 0 Å². The van der Waals surface area contributed by atoms with E-state index in [1.54, 1.807) is 0 Å². The van der Waals surface area contributed by atoms with Gasteiger partial charge in [-0.05, 0) is 37.4 Å². The van der Waals surface area contributed by atoms with Gasteiger partial charge >= 0.3 is 0 Å². The molecule has 0 saturated carbocycles. The van der Waals surface area contributed by atoms with E-state index in [2.05, 4.69) is 17.2 Å². The Hall–Kier alpha value is -1.49. The Bertz CT molecular complexity index is 361. The van der Waals surface area contributed by atoms with Gasteiger partial charge in [0.05, 0.1) is 6.20 Å². The van der Waals surface area contributed by atoms with Gasteiger partial charge in [-0.25, -0.2) is 9.37 Å².